The molecule has 0 radical (unpaired) electrons. The van der Waals surface area contributed by atoms with E-state index in [1.54, 1.807) is 23.1 Å². The van der Waals surface area contributed by atoms with E-state index in [1.807, 2.05) is 0 Å². The van der Waals surface area contributed by atoms with Crippen molar-refractivity contribution in [2.75, 3.05) is 13.1 Å². The summed E-state index contributed by atoms with van der Waals surface area (Å²) < 4.78 is 18.6. The number of aromatic nitrogens is 1. The van der Waals surface area contributed by atoms with E-state index in [2.05, 4.69) is 5.16 Å². The Morgan fingerprint density at radius 2 is 1.96 bits per heavy atom. The Labute approximate surface area is 149 Å². The van der Waals surface area contributed by atoms with Gasteiger partial charge < -0.3 is 14.3 Å². The van der Waals surface area contributed by atoms with Gasteiger partial charge in [0.15, 0.2) is 5.76 Å². The molecule has 0 spiro atoms. The molecule has 1 saturated heterocycles. The number of hydrogen-bond acceptors (Lipinski definition) is 4. The Morgan fingerprint density at radius 3 is 2.65 bits per heavy atom. The highest BCUT2D eigenvalue weighted by molar-refractivity contribution is 6.35. The van der Waals surface area contributed by atoms with Gasteiger partial charge in [-0.2, -0.15) is 0 Å². The largest absolute Gasteiger partial charge is 0.356 e. The van der Waals surface area contributed by atoms with Gasteiger partial charge in [-0.25, -0.2) is 4.39 Å². The number of halogens is 1. The lowest BCUT2D eigenvalue weighted by Gasteiger charge is -2.66. The molecule has 2 heterocycles. The highest BCUT2D eigenvalue weighted by Crippen LogP contribution is 2.60. The normalized spacial score (nSPS) is 27.3. The summed E-state index contributed by atoms with van der Waals surface area (Å²) in [6.45, 7) is 1.29. The molecule has 6 nitrogen and oxygen atoms in total. The fourth-order valence-electron chi connectivity index (χ4n) is 4.40. The second kappa shape index (κ2) is 5.40. The van der Waals surface area contributed by atoms with Crippen LogP contribution < -0.4 is 0 Å². The smallest absolute Gasteiger partial charge is 0.312 e. The standard InChI is InChI=1S/C19H18FN3O3/c20-14-3-1-2-13(6-14)16-7-15(21-26-16)11-22-4-5-23(18(25)17(22)24)19-8-12(9-19)10-19/h1-3,6-7,12H,4-5,8-11H2. The average molecular weight is 355 g/mol. The summed E-state index contributed by atoms with van der Waals surface area (Å²) in [6.07, 6.45) is 3.14. The van der Waals surface area contributed by atoms with Crippen LogP contribution in [0.3, 0.4) is 0 Å². The third-order valence-corrected chi connectivity index (χ3v) is 5.91. The molecule has 3 aliphatic carbocycles. The van der Waals surface area contributed by atoms with Crippen LogP contribution in [0.15, 0.2) is 34.9 Å². The third-order valence-electron chi connectivity index (χ3n) is 5.91. The van der Waals surface area contributed by atoms with Crippen LogP contribution in [0.1, 0.15) is 25.0 Å². The van der Waals surface area contributed by atoms with Crippen molar-refractivity contribution in [3.63, 3.8) is 0 Å². The van der Waals surface area contributed by atoms with Crippen LogP contribution in [0.4, 0.5) is 4.39 Å². The minimum Gasteiger partial charge on any atom is -0.356 e. The second-order valence-electron chi connectivity index (χ2n) is 7.58. The quantitative estimate of drug-likeness (QED) is 0.789. The Morgan fingerprint density at radius 1 is 1.15 bits per heavy atom. The maximum absolute atomic E-state index is 13.3. The molecule has 4 fully saturated rings. The molecule has 2 amide bonds. The van der Waals surface area contributed by atoms with E-state index in [0.717, 1.165) is 25.2 Å². The molecule has 0 N–H and O–H groups in total. The Hall–Kier alpha value is -2.70. The Bertz CT molecular complexity index is 892. The molecule has 26 heavy (non-hydrogen) atoms. The fourth-order valence-corrected chi connectivity index (χ4v) is 4.40. The number of carbonyl (C=O) groups is 2. The zero-order valence-electron chi connectivity index (χ0n) is 14.2. The van der Waals surface area contributed by atoms with E-state index in [-0.39, 0.29) is 17.9 Å². The van der Waals surface area contributed by atoms with E-state index in [9.17, 15) is 14.0 Å². The topological polar surface area (TPSA) is 66.7 Å². The summed E-state index contributed by atoms with van der Waals surface area (Å²) in [5.41, 5.74) is 1.10. The van der Waals surface area contributed by atoms with Crippen LogP contribution in [-0.4, -0.2) is 45.4 Å². The number of benzene rings is 1. The first kappa shape index (κ1) is 15.5. The summed E-state index contributed by atoms with van der Waals surface area (Å²) in [4.78, 5) is 28.3. The van der Waals surface area contributed by atoms with Crippen molar-refractivity contribution < 1.29 is 18.5 Å². The second-order valence-corrected chi connectivity index (χ2v) is 7.58. The number of piperazine rings is 1. The van der Waals surface area contributed by atoms with Gasteiger partial charge in [-0.15, -0.1) is 0 Å². The predicted molar refractivity (Wildman–Crippen MR) is 89.1 cm³/mol. The highest BCUT2D eigenvalue weighted by atomic mass is 19.1. The van der Waals surface area contributed by atoms with Gasteiger partial charge in [0.05, 0.1) is 6.54 Å². The summed E-state index contributed by atoms with van der Waals surface area (Å²) in [5.74, 6) is -0.0384. The Kier molecular flexibility index (Phi) is 3.23. The molecule has 4 aliphatic rings. The van der Waals surface area contributed by atoms with Crippen LogP contribution >= 0.6 is 0 Å². The fraction of sp³-hybridized carbons (Fsp3) is 0.421. The lowest BCUT2D eigenvalue weighted by Crippen LogP contribution is -2.73. The molecule has 2 aromatic rings. The summed E-state index contributed by atoms with van der Waals surface area (Å²) in [7, 11) is 0. The molecule has 1 aromatic carbocycles. The minimum absolute atomic E-state index is 0.0259. The molecule has 3 saturated carbocycles. The van der Waals surface area contributed by atoms with Crippen molar-refractivity contribution >= 4 is 11.8 Å². The first-order valence-corrected chi connectivity index (χ1v) is 8.86. The highest BCUT2D eigenvalue weighted by Gasteiger charge is 2.62. The summed E-state index contributed by atoms with van der Waals surface area (Å²) in [6, 6.07) is 7.72. The number of amides is 2. The van der Waals surface area contributed by atoms with Gasteiger partial charge in [-0.3, -0.25) is 9.59 Å². The third kappa shape index (κ3) is 2.26. The Balaban J connectivity index is 1.28. The molecular formula is C19H18FN3O3. The number of carbonyl (C=O) groups excluding carboxylic acids is 2. The van der Waals surface area contributed by atoms with Crippen molar-refractivity contribution in [3.05, 3.63) is 41.8 Å². The molecule has 6 rings (SSSR count). The molecule has 7 heteroatoms. The monoisotopic (exact) mass is 355 g/mol. The van der Waals surface area contributed by atoms with E-state index in [1.165, 1.54) is 17.0 Å². The minimum atomic E-state index is -0.476. The lowest BCUT2D eigenvalue weighted by atomic mass is 9.49. The maximum Gasteiger partial charge on any atom is 0.312 e. The summed E-state index contributed by atoms with van der Waals surface area (Å²) in [5, 5.41) is 3.96. The van der Waals surface area contributed by atoms with Gasteiger partial charge in [-0.05, 0) is 37.3 Å². The van der Waals surface area contributed by atoms with E-state index < -0.39 is 11.8 Å². The number of hydrogen-bond donors (Lipinski definition) is 0. The molecule has 2 bridgehead atoms. The number of rotatable bonds is 4. The van der Waals surface area contributed by atoms with Crippen LogP contribution in [0, 0.1) is 11.7 Å². The van der Waals surface area contributed by atoms with E-state index >= 15 is 0 Å². The van der Waals surface area contributed by atoms with Crippen LogP contribution in [-0.2, 0) is 16.1 Å². The van der Waals surface area contributed by atoms with Gasteiger partial charge in [0.2, 0.25) is 0 Å². The van der Waals surface area contributed by atoms with Crippen LogP contribution in [0.2, 0.25) is 0 Å². The lowest BCUT2D eigenvalue weighted by molar-refractivity contribution is -0.186. The van der Waals surface area contributed by atoms with Crippen molar-refractivity contribution in [2.45, 2.75) is 31.3 Å². The molecular weight excluding hydrogens is 337 g/mol. The molecule has 0 unspecified atom stereocenters. The van der Waals surface area contributed by atoms with Gasteiger partial charge in [0, 0.05) is 30.3 Å². The maximum atomic E-state index is 13.3. The van der Waals surface area contributed by atoms with Crippen LogP contribution in [0.5, 0.6) is 0 Å². The first-order valence-electron chi connectivity index (χ1n) is 8.86. The SMILES string of the molecule is O=C1C(=O)N(C23CC(C2)C3)CCN1Cc1cc(-c2cccc(F)c2)on1. The van der Waals surface area contributed by atoms with Gasteiger partial charge in [-0.1, -0.05) is 17.3 Å². The zero-order chi connectivity index (χ0) is 17.9. The van der Waals surface area contributed by atoms with Gasteiger partial charge in [0.1, 0.15) is 11.5 Å². The molecule has 0 atom stereocenters. The van der Waals surface area contributed by atoms with Gasteiger partial charge >= 0.3 is 11.8 Å². The molecule has 134 valence electrons. The average Bonchev–Trinajstić information content (AvgIpc) is 3.00. The van der Waals surface area contributed by atoms with E-state index in [4.69, 9.17) is 4.52 Å². The number of nitrogens with zero attached hydrogens (tertiary/aromatic N) is 3. The van der Waals surface area contributed by atoms with Gasteiger partial charge in [0.25, 0.3) is 0 Å². The van der Waals surface area contributed by atoms with Crippen molar-refractivity contribution in [1.29, 1.82) is 0 Å². The summed E-state index contributed by atoms with van der Waals surface area (Å²) >= 11 is 0. The first-order chi connectivity index (χ1) is 12.5. The van der Waals surface area contributed by atoms with Crippen LogP contribution in [0.25, 0.3) is 11.3 Å². The molecule has 1 aromatic heterocycles. The van der Waals surface area contributed by atoms with Crippen molar-refractivity contribution in [3.8, 4) is 11.3 Å². The van der Waals surface area contributed by atoms with Crippen molar-refractivity contribution in [2.24, 2.45) is 5.92 Å². The zero-order valence-corrected chi connectivity index (χ0v) is 14.2. The molecule has 1 aliphatic heterocycles. The predicted octanol–water partition coefficient (Wildman–Crippen LogP) is 2.20. The van der Waals surface area contributed by atoms with E-state index in [0.29, 0.717) is 30.1 Å². The van der Waals surface area contributed by atoms with Crippen molar-refractivity contribution in [1.82, 2.24) is 15.0 Å².